The Labute approximate surface area is 127 Å². The van der Waals surface area contributed by atoms with E-state index in [0.29, 0.717) is 0 Å². The Kier molecular flexibility index (Phi) is 5.11. The first-order valence-corrected chi connectivity index (χ1v) is 7.52. The maximum Gasteiger partial charge on any atom is 0.305 e. The van der Waals surface area contributed by atoms with Gasteiger partial charge in [-0.1, -0.05) is 35.9 Å². The smallest absolute Gasteiger partial charge is 0.305 e. The first-order valence-electron chi connectivity index (χ1n) is 6.64. The molecule has 1 aromatic carbocycles. The summed E-state index contributed by atoms with van der Waals surface area (Å²) in [6.07, 6.45) is 0.141. The fourth-order valence-corrected chi connectivity index (χ4v) is 2.80. The second kappa shape index (κ2) is 7.04. The van der Waals surface area contributed by atoms with Gasteiger partial charge < -0.3 is 10.4 Å². The average molecular weight is 303 g/mol. The minimum absolute atomic E-state index is 0.111. The van der Waals surface area contributed by atoms with E-state index < -0.39 is 12.0 Å². The molecular formula is C16H17NO3S. The van der Waals surface area contributed by atoms with Crippen molar-refractivity contribution in [2.75, 3.05) is 0 Å². The maximum atomic E-state index is 12.1. The fourth-order valence-electron chi connectivity index (χ4n) is 2.02. The number of carboxylic acids is 1. The molecule has 1 heterocycles. The Morgan fingerprint density at radius 2 is 1.95 bits per heavy atom. The van der Waals surface area contributed by atoms with Gasteiger partial charge in [0.2, 0.25) is 5.91 Å². The molecule has 1 aromatic heterocycles. The van der Waals surface area contributed by atoms with Gasteiger partial charge in [-0.3, -0.25) is 9.59 Å². The summed E-state index contributed by atoms with van der Waals surface area (Å²) in [4.78, 5) is 23.9. The molecule has 2 N–H and O–H groups in total. The zero-order chi connectivity index (χ0) is 15.2. The number of benzene rings is 1. The lowest BCUT2D eigenvalue weighted by Gasteiger charge is -2.15. The van der Waals surface area contributed by atoms with Crippen LogP contribution in [0.2, 0.25) is 0 Å². The topological polar surface area (TPSA) is 66.4 Å². The molecule has 1 amide bonds. The fraction of sp³-hybridized carbons (Fsp3) is 0.250. The molecule has 0 aliphatic heterocycles. The third kappa shape index (κ3) is 4.72. The van der Waals surface area contributed by atoms with Gasteiger partial charge in [0.15, 0.2) is 0 Å². The highest BCUT2D eigenvalue weighted by molar-refractivity contribution is 7.10. The predicted octanol–water partition coefficient (Wildman–Crippen LogP) is 2.93. The number of carbonyl (C=O) groups is 2. The molecular weight excluding hydrogens is 286 g/mol. The Bertz CT molecular complexity index is 605. The first kappa shape index (κ1) is 15.3. The molecule has 0 unspecified atom stereocenters. The number of thiophene rings is 1. The van der Waals surface area contributed by atoms with Crippen molar-refractivity contribution in [1.29, 1.82) is 0 Å². The van der Waals surface area contributed by atoms with E-state index >= 15 is 0 Å². The molecule has 0 radical (unpaired) electrons. The third-order valence-electron chi connectivity index (χ3n) is 3.09. The summed E-state index contributed by atoms with van der Waals surface area (Å²) in [7, 11) is 0. The van der Waals surface area contributed by atoms with Gasteiger partial charge >= 0.3 is 5.97 Å². The van der Waals surface area contributed by atoms with Gasteiger partial charge in [-0.25, -0.2) is 0 Å². The molecule has 0 aliphatic carbocycles. The summed E-state index contributed by atoms with van der Waals surface area (Å²) in [5.41, 5.74) is 2.06. The van der Waals surface area contributed by atoms with E-state index in [1.54, 1.807) is 0 Å². The molecule has 2 aromatic rings. The lowest BCUT2D eigenvalue weighted by atomic mass is 10.1. The molecule has 21 heavy (non-hydrogen) atoms. The Morgan fingerprint density at radius 1 is 1.24 bits per heavy atom. The molecule has 1 atom stereocenters. The van der Waals surface area contributed by atoms with Crippen molar-refractivity contribution in [3.8, 4) is 0 Å². The van der Waals surface area contributed by atoms with Crippen molar-refractivity contribution in [3.63, 3.8) is 0 Å². The number of nitrogens with one attached hydrogen (secondary N) is 1. The Morgan fingerprint density at radius 3 is 2.52 bits per heavy atom. The largest absolute Gasteiger partial charge is 0.481 e. The van der Waals surface area contributed by atoms with E-state index in [-0.39, 0.29) is 18.7 Å². The predicted molar refractivity (Wildman–Crippen MR) is 82.3 cm³/mol. The van der Waals surface area contributed by atoms with Crippen LogP contribution in [0.5, 0.6) is 0 Å². The number of hydrogen-bond acceptors (Lipinski definition) is 3. The van der Waals surface area contributed by atoms with E-state index in [9.17, 15) is 9.59 Å². The minimum atomic E-state index is -0.927. The maximum absolute atomic E-state index is 12.1. The molecule has 110 valence electrons. The average Bonchev–Trinajstić information content (AvgIpc) is 2.94. The van der Waals surface area contributed by atoms with Gasteiger partial charge in [0.05, 0.1) is 18.9 Å². The molecule has 0 saturated carbocycles. The van der Waals surface area contributed by atoms with Gasteiger partial charge in [-0.05, 0) is 23.9 Å². The van der Waals surface area contributed by atoms with Crippen LogP contribution >= 0.6 is 11.3 Å². The van der Waals surface area contributed by atoms with Crippen LogP contribution < -0.4 is 5.32 Å². The number of rotatable bonds is 6. The lowest BCUT2D eigenvalue weighted by Crippen LogP contribution is -2.30. The standard InChI is InChI=1S/C16H17NO3S/c1-11-4-6-12(7-5-11)9-15(18)17-13(10-16(19)20)14-3-2-8-21-14/h2-8,13H,9-10H2,1H3,(H,17,18)(H,19,20)/t13-/m0/s1. The monoisotopic (exact) mass is 303 g/mol. The van der Waals surface area contributed by atoms with Gasteiger partial charge in [0.25, 0.3) is 0 Å². The zero-order valence-electron chi connectivity index (χ0n) is 11.7. The van der Waals surface area contributed by atoms with Crippen LogP contribution in [-0.2, 0) is 16.0 Å². The number of carbonyl (C=O) groups excluding carboxylic acids is 1. The summed E-state index contributed by atoms with van der Waals surface area (Å²) in [5, 5.41) is 13.6. The van der Waals surface area contributed by atoms with E-state index in [1.807, 2.05) is 48.7 Å². The normalized spacial score (nSPS) is 11.9. The summed E-state index contributed by atoms with van der Waals surface area (Å²) in [6, 6.07) is 10.9. The van der Waals surface area contributed by atoms with Crippen molar-refractivity contribution >= 4 is 23.2 Å². The van der Waals surface area contributed by atoms with Crippen LogP contribution in [0.1, 0.15) is 28.5 Å². The minimum Gasteiger partial charge on any atom is -0.481 e. The number of hydrogen-bond donors (Lipinski definition) is 2. The van der Waals surface area contributed by atoms with E-state index in [4.69, 9.17) is 5.11 Å². The SMILES string of the molecule is Cc1ccc(CC(=O)N[C@@H](CC(=O)O)c2cccs2)cc1. The molecule has 0 aliphatic rings. The number of amides is 1. The Balaban J connectivity index is 2.01. The highest BCUT2D eigenvalue weighted by atomic mass is 32.1. The highest BCUT2D eigenvalue weighted by Crippen LogP contribution is 2.22. The van der Waals surface area contributed by atoms with E-state index in [0.717, 1.165) is 16.0 Å². The summed E-state index contributed by atoms with van der Waals surface area (Å²) >= 11 is 1.45. The summed E-state index contributed by atoms with van der Waals surface area (Å²) in [6.45, 7) is 1.99. The number of aliphatic carboxylic acids is 1. The van der Waals surface area contributed by atoms with Crippen LogP contribution in [0, 0.1) is 6.92 Å². The van der Waals surface area contributed by atoms with Crippen molar-refractivity contribution < 1.29 is 14.7 Å². The highest BCUT2D eigenvalue weighted by Gasteiger charge is 2.19. The van der Waals surface area contributed by atoms with Crippen LogP contribution in [0.4, 0.5) is 0 Å². The van der Waals surface area contributed by atoms with Crippen molar-refractivity contribution in [2.45, 2.75) is 25.8 Å². The molecule has 5 heteroatoms. The number of aryl methyl sites for hydroxylation is 1. The molecule has 4 nitrogen and oxygen atoms in total. The molecule has 0 saturated heterocycles. The van der Waals surface area contributed by atoms with Crippen molar-refractivity contribution in [1.82, 2.24) is 5.32 Å². The van der Waals surface area contributed by atoms with Crippen LogP contribution in [0.15, 0.2) is 41.8 Å². The molecule has 2 rings (SSSR count). The van der Waals surface area contributed by atoms with Crippen LogP contribution in [-0.4, -0.2) is 17.0 Å². The van der Waals surface area contributed by atoms with Crippen molar-refractivity contribution in [2.24, 2.45) is 0 Å². The second-order valence-corrected chi connectivity index (χ2v) is 5.88. The molecule has 0 fully saturated rings. The molecule has 0 spiro atoms. The van der Waals surface area contributed by atoms with Crippen molar-refractivity contribution in [3.05, 3.63) is 57.8 Å². The first-order chi connectivity index (χ1) is 10.0. The van der Waals surface area contributed by atoms with Gasteiger partial charge in [0, 0.05) is 4.88 Å². The van der Waals surface area contributed by atoms with Gasteiger partial charge in [-0.2, -0.15) is 0 Å². The van der Waals surface area contributed by atoms with Crippen LogP contribution in [0.25, 0.3) is 0 Å². The summed E-state index contributed by atoms with van der Waals surface area (Å²) < 4.78 is 0. The Hall–Kier alpha value is -2.14. The van der Waals surface area contributed by atoms with E-state index in [1.165, 1.54) is 11.3 Å². The summed E-state index contributed by atoms with van der Waals surface area (Å²) in [5.74, 6) is -1.09. The van der Waals surface area contributed by atoms with Gasteiger partial charge in [0.1, 0.15) is 0 Å². The lowest BCUT2D eigenvalue weighted by molar-refractivity contribution is -0.137. The quantitative estimate of drug-likeness (QED) is 0.862. The van der Waals surface area contributed by atoms with Gasteiger partial charge in [-0.15, -0.1) is 11.3 Å². The van der Waals surface area contributed by atoms with Crippen LogP contribution in [0.3, 0.4) is 0 Å². The van der Waals surface area contributed by atoms with E-state index in [2.05, 4.69) is 5.32 Å². The molecule has 0 bridgehead atoms. The zero-order valence-corrected chi connectivity index (χ0v) is 12.5. The third-order valence-corrected chi connectivity index (χ3v) is 4.07. The number of carboxylic acid groups (broad SMARTS) is 1. The second-order valence-electron chi connectivity index (χ2n) is 4.90.